The molecule has 0 aliphatic heterocycles. The third-order valence-electron chi connectivity index (χ3n) is 3.33. The van der Waals surface area contributed by atoms with Gasteiger partial charge in [-0.3, -0.25) is 9.59 Å². The minimum Gasteiger partial charge on any atom is -0.345 e. The second-order valence-electron chi connectivity index (χ2n) is 5.19. The molecule has 146 valence electrons. The molecule has 1 rings (SSSR count). The molecule has 0 saturated heterocycles. The first-order chi connectivity index (χ1) is 12.0. The summed E-state index contributed by atoms with van der Waals surface area (Å²) in [4.78, 5) is 23.2. The molecule has 0 heterocycles. The van der Waals surface area contributed by atoms with E-state index in [1.165, 1.54) is 22.5 Å². The number of carbonyl (C=O) groups is 2. The molecule has 0 aliphatic carbocycles. The molecule has 0 aliphatic rings. The maximum Gasteiger partial charge on any atom is 0.405 e. The summed E-state index contributed by atoms with van der Waals surface area (Å²) in [6.45, 7) is 1.71. The fraction of sp³-hybridized carbons (Fsp3) is 0.467. The SMILES string of the molecule is CCN(CC)S(=O)(=O)c1cccc(C(=O)NCC(=O)NCC(F)(F)F)c1. The number of hydrogen-bond acceptors (Lipinski definition) is 4. The predicted octanol–water partition coefficient (Wildman–Crippen LogP) is 1.13. The quantitative estimate of drug-likeness (QED) is 0.690. The highest BCUT2D eigenvalue weighted by Crippen LogP contribution is 2.17. The number of carbonyl (C=O) groups excluding carboxylic acids is 2. The Kier molecular flexibility index (Phi) is 7.57. The molecule has 1 aromatic rings. The lowest BCUT2D eigenvalue weighted by atomic mass is 10.2. The van der Waals surface area contributed by atoms with Gasteiger partial charge in [-0.25, -0.2) is 8.42 Å². The third-order valence-corrected chi connectivity index (χ3v) is 5.38. The summed E-state index contributed by atoms with van der Waals surface area (Å²) in [5, 5.41) is 3.76. The normalized spacial score (nSPS) is 12.1. The Morgan fingerprint density at radius 1 is 1.12 bits per heavy atom. The van der Waals surface area contributed by atoms with Gasteiger partial charge in [-0.05, 0) is 18.2 Å². The maximum absolute atomic E-state index is 12.4. The highest BCUT2D eigenvalue weighted by molar-refractivity contribution is 7.89. The van der Waals surface area contributed by atoms with Gasteiger partial charge in [0.15, 0.2) is 0 Å². The number of nitrogens with one attached hydrogen (secondary N) is 2. The Bertz CT molecular complexity index is 747. The largest absolute Gasteiger partial charge is 0.405 e. The van der Waals surface area contributed by atoms with Crippen LogP contribution in [0.1, 0.15) is 24.2 Å². The molecule has 0 spiro atoms. The monoisotopic (exact) mass is 395 g/mol. The first-order valence-corrected chi connectivity index (χ1v) is 9.17. The molecule has 0 fully saturated rings. The van der Waals surface area contributed by atoms with Crippen molar-refractivity contribution in [2.24, 2.45) is 0 Å². The Hall–Kier alpha value is -2.14. The molecule has 0 bridgehead atoms. The van der Waals surface area contributed by atoms with Gasteiger partial charge in [-0.2, -0.15) is 17.5 Å². The van der Waals surface area contributed by atoms with E-state index in [4.69, 9.17) is 0 Å². The van der Waals surface area contributed by atoms with Crippen LogP contribution < -0.4 is 10.6 Å². The van der Waals surface area contributed by atoms with Crippen molar-refractivity contribution < 1.29 is 31.2 Å². The van der Waals surface area contributed by atoms with Crippen molar-refractivity contribution in [3.8, 4) is 0 Å². The lowest BCUT2D eigenvalue weighted by molar-refractivity contribution is -0.137. The van der Waals surface area contributed by atoms with Gasteiger partial charge in [0.1, 0.15) is 6.54 Å². The van der Waals surface area contributed by atoms with Crippen molar-refractivity contribution in [1.29, 1.82) is 0 Å². The van der Waals surface area contributed by atoms with E-state index < -0.39 is 41.1 Å². The number of nitrogens with zero attached hydrogens (tertiary/aromatic N) is 1. The highest BCUT2D eigenvalue weighted by Gasteiger charge is 2.27. The smallest absolute Gasteiger partial charge is 0.345 e. The Labute approximate surface area is 149 Å². The zero-order valence-electron chi connectivity index (χ0n) is 14.3. The van der Waals surface area contributed by atoms with Gasteiger partial charge in [0.05, 0.1) is 11.4 Å². The van der Waals surface area contributed by atoms with Crippen molar-refractivity contribution in [2.45, 2.75) is 24.9 Å². The Balaban J connectivity index is 2.79. The Morgan fingerprint density at radius 3 is 2.27 bits per heavy atom. The lowest BCUT2D eigenvalue weighted by Gasteiger charge is -2.18. The van der Waals surface area contributed by atoms with Crippen molar-refractivity contribution in [3.63, 3.8) is 0 Å². The third kappa shape index (κ3) is 6.30. The van der Waals surface area contributed by atoms with E-state index in [1.807, 2.05) is 0 Å². The molecule has 11 heteroatoms. The van der Waals surface area contributed by atoms with Gasteiger partial charge >= 0.3 is 6.18 Å². The molecular weight excluding hydrogens is 375 g/mol. The van der Waals surface area contributed by atoms with E-state index in [0.717, 1.165) is 6.07 Å². The molecule has 0 atom stereocenters. The van der Waals surface area contributed by atoms with Crippen LogP contribution in [-0.2, 0) is 14.8 Å². The summed E-state index contributed by atoms with van der Waals surface area (Å²) in [5.41, 5.74) is -0.0261. The zero-order valence-corrected chi connectivity index (χ0v) is 15.1. The van der Waals surface area contributed by atoms with Crippen LogP contribution in [0, 0.1) is 0 Å². The average Bonchev–Trinajstić information content (AvgIpc) is 2.58. The fourth-order valence-electron chi connectivity index (χ4n) is 2.03. The zero-order chi connectivity index (χ0) is 20.0. The van der Waals surface area contributed by atoms with Gasteiger partial charge in [-0.15, -0.1) is 0 Å². The van der Waals surface area contributed by atoms with Crippen molar-refractivity contribution in [3.05, 3.63) is 29.8 Å². The van der Waals surface area contributed by atoms with Crippen molar-refractivity contribution in [1.82, 2.24) is 14.9 Å². The van der Waals surface area contributed by atoms with E-state index in [2.05, 4.69) is 5.32 Å². The number of amides is 2. The number of alkyl halides is 3. The van der Waals surface area contributed by atoms with E-state index in [-0.39, 0.29) is 23.5 Å². The van der Waals surface area contributed by atoms with Crippen molar-refractivity contribution in [2.75, 3.05) is 26.2 Å². The van der Waals surface area contributed by atoms with Crippen LogP contribution in [0.25, 0.3) is 0 Å². The minimum atomic E-state index is -4.55. The summed E-state index contributed by atoms with van der Waals surface area (Å²) in [5.74, 6) is -1.79. The van der Waals surface area contributed by atoms with Crippen LogP contribution in [0.2, 0.25) is 0 Å². The minimum absolute atomic E-state index is 0.0261. The molecule has 0 radical (unpaired) electrons. The summed E-state index contributed by atoms with van der Waals surface area (Å²) in [6.07, 6.45) is -4.55. The molecule has 7 nitrogen and oxygen atoms in total. The molecule has 0 aromatic heterocycles. The standard InChI is InChI=1S/C15H20F3N3O4S/c1-3-21(4-2)26(24,25)12-7-5-6-11(8-12)14(23)19-9-13(22)20-10-15(16,17)18/h5-8H,3-4,9-10H2,1-2H3,(H,19,23)(H,20,22). The number of hydrogen-bond donors (Lipinski definition) is 2. The topological polar surface area (TPSA) is 95.6 Å². The predicted molar refractivity (Wildman–Crippen MR) is 87.9 cm³/mol. The van der Waals surface area contributed by atoms with E-state index in [1.54, 1.807) is 19.2 Å². The molecule has 2 N–H and O–H groups in total. The maximum atomic E-state index is 12.4. The highest BCUT2D eigenvalue weighted by atomic mass is 32.2. The van der Waals surface area contributed by atoms with Crippen LogP contribution in [0.4, 0.5) is 13.2 Å². The summed E-state index contributed by atoms with van der Waals surface area (Å²) in [6, 6.07) is 5.19. The van der Waals surface area contributed by atoms with Crippen molar-refractivity contribution >= 4 is 21.8 Å². The number of benzene rings is 1. The van der Waals surface area contributed by atoms with Gasteiger partial charge in [0, 0.05) is 18.7 Å². The first kappa shape index (κ1) is 21.9. The molecule has 0 unspecified atom stereocenters. The lowest BCUT2D eigenvalue weighted by Crippen LogP contribution is -2.40. The molecular formula is C15H20F3N3O4S. The number of rotatable bonds is 8. The van der Waals surface area contributed by atoms with Gasteiger partial charge in [0.25, 0.3) is 5.91 Å². The van der Waals surface area contributed by atoms with E-state index >= 15 is 0 Å². The van der Waals surface area contributed by atoms with Gasteiger partial charge in [-0.1, -0.05) is 19.9 Å². The summed E-state index contributed by atoms with van der Waals surface area (Å²) >= 11 is 0. The average molecular weight is 395 g/mol. The summed E-state index contributed by atoms with van der Waals surface area (Å²) < 4.78 is 62.1. The van der Waals surface area contributed by atoms with Crippen LogP contribution in [0.15, 0.2) is 29.2 Å². The van der Waals surface area contributed by atoms with Crippen LogP contribution in [0.5, 0.6) is 0 Å². The van der Waals surface area contributed by atoms with E-state index in [9.17, 15) is 31.2 Å². The van der Waals surface area contributed by atoms with Crippen LogP contribution in [-0.4, -0.2) is 56.9 Å². The van der Waals surface area contributed by atoms with Crippen LogP contribution >= 0.6 is 0 Å². The van der Waals surface area contributed by atoms with Gasteiger partial charge < -0.3 is 10.6 Å². The van der Waals surface area contributed by atoms with Crippen LogP contribution in [0.3, 0.4) is 0 Å². The molecule has 1 aromatic carbocycles. The fourth-order valence-corrected chi connectivity index (χ4v) is 3.54. The van der Waals surface area contributed by atoms with E-state index in [0.29, 0.717) is 0 Å². The summed E-state index contributed by atoms with van der Waals surface area (Å²) in [7, 11) is -3.76. The Morgan fingerprint density at radius 2 is 1.73 bits per heavy atom. The molecule has 0 saturated carbocycles. The number of halogens is 3. The van der Waals surface area contributed by atoms with Gasteiger partial charge in [0.2, 0.25) is 15.9 Å². The number of sulfonamides is 1. The molecule has 2 amide bonds. The first-order valence-electron chi connectivity index (χ1n) is 7.73. The second kappa shape index (κ2) is 8.99. The second-order valence-corrected chi connectivity index (χ2v) is 7.13. The molecule has 26 heavy (non-hydrogen) atoms.